The van der Waals surface area contributed by atoms with Crippen molar-refractivity contribution in [2.45, 2.75) is 0 Å². The highest BCUT2D eigenvalue weighted by Crippen LogP contribution is 2.16. The number of piperazine rings is 1. The van der Waals surface area contributed by atoms with Gasteiger partial charge < -0.3 is 15.0 Å². The minimum absolute atomic E-state index is 0.661. The van der Waals surface area contributed by atoms with Crippen LogP contribution in [0.3, 0.4) is 0 Å². The number of methoxy groups -OCH3 is 1. The van der Waals surface area contributed by atoms with Gasteiger partial charge in [-0.1, -0.05) is 42.5 Å². The smallest absolute Gasteiger partial charge is 0.134 e. The van der Waals surface area contributed by atoms with E-state index >= 15 is 0 Å². The molecule has 6 nitrogen and oxygen atoms in total. The first-order chi connectivity index (χ1) is 12.8. The van der Waals surface area contributed by atoms with Gasteiger partial charge in [-0.15, -0.1) is 0 Å². The number of nitrogens with zero attached hydrogens (tertiary/aromatic N) is 4. The first-order valence-electron chi connectivity index (χ1n) is 9.09. The fraction of sp³-hybridized carbons (Fsp3) is 0.400. The van der Waals surface area contributed by atoms with Crippen LogP contribution in [0.25, 0.3) is 6.08 Å². The largest absolute Gasteiger partial charge is 0.383 e. The van der Waals surface area contributed by atoms with Crippen LogP contribution in [0.4, 0.5) is 11.6 Å². The third-order valence-corrected chi connectivity index (χ3v) is 4.43. The number of rotatable bonds is 8. The molecule has 0 unspecified atom stereocenters. The summed E-state index contributed by atoms with van der Waals surface area (Å²) in [6.07, 6.45) is 6.06. The molecule has 0 atom stereocenters. The number of ether oxygens (including phenoxy) is 1. The molecule has 0 radical (unpaired) electrons. The molecule has 1 aliphatic heterocycles. The van der Waals surface area contributed by atoms with Gasteiger partial charge in [0.1, 0.15) is 18.0 Å². The number of anilines is 2. The summed E-state index contributed by atoms with van der Waals surface area (Å²) in [5, 5.41) is 3.25. The fourth-order valence-electron chi connectivity index (χ4n) is 2.96. The van der Waals surface area contributed by atoms with E-state index in [1.54, 1.807) is 13.4 Å². The summed E-state index contributed by atoms with van der Waals surface area (Å²) < 4.78 is 5.05. The van der Waals surface area contributed by atoms with E-state index in [1.807, 2.05) is 12.1 Å². The number of nitrogens with one attached hydrogen (secondary N) is 1. The molecule has 0 spiro atoms. The molecule has 26 heavy (non-hydrogen) atoms. The van der Waals surface area contributed by atoms with E-state index in [4.69, 9.17) is 4.74 Å². The van der Waals surface area contributed by atoms with Gasteiger partial charge in [-0.25, -0.2) is 9.97 Å². The van der Waals surface area contributed by atoms with Gasteiger partial charge in [0.15, 0.2) is 0 Å². The predicted molar refractivity (Wildman–Crippen MR) is 107 cm³/mol. The van der Waals surface area contributed by atoms with Crippen LogP contribution in [0, 0.1) is 0 Å². The summed E-state index contributed by atoms with van der Waals surface area (Å²) in [5.41, 5.74) is 1.25. The van der Waals surface area contributed by atoms with Crippen LogP contribution in [0.1, 0.15) is 5.56 Å². The first kappa shape index (κ1) is 18.4. The zero-order valence-electron chi connectivity index (χ0n) is 15.3. The molecule has 138 valence electrons. The third-order valence-electron chi connectivity index (χ3n) is 4.43. The van der Waals surface area contributed by atoms with Crippen LogP contribution in [-0.2, 0) is 4.74 Å². The summed E-state index contributed by atoms with van der Waals surface area (Å²) in [7, 11) is 1.70. The van der Waals surface area contributed by atoms with Gasteiger partial charge >= 0.3 is 0 Å². The Bertz CT molecular complexity index is 684. The van der Waals surface area contributed by atoms with E-state index in [0.29, 0.717) is 6.61 Å². The summed E-state index contributed by atoms with van der Waals surface area (Å²) in [5.74, 6) is 1.83. The molecule has 2 heterocycles. The normalized spacial score (nSPS) is 15.5. The summed E-state index contributed by atoms with van der Waals surface area (Å²) in [4.78, 5) is 13.5. The third kappa shape index (κ3) is 5.54. The second kappa shape index (κ2) is 9.89. The zero-order valence-corrected chi connectivity index (χ0v) is 15.3. The lowest BCUT2D eigenvalue weighted by molar-refractivity contribution is 0.210. The lowest BCUT2D eigenvalue weighted by Gasteiger charge is -2.34. The maximum Gasteiger partial charge on any atom is 0.134 e. The maximum absolute atomic E-state index is 5.05. The van der Waals surface area contributed by atoms with Crippen molar-refractivity contribution in [1.82, 2.24) is 14.9 Å². The second-order valence-electron chi connectivity index (χ2n) is 6.28. The number of aromatic nitrogens is 2. The molecule has 1 fully saturated rings. The van der Waals surface area contributed by atoms with Gasteiger partial charge in [-0.2, -0.15) is 0 Å². The zero-order chi connectivity index (χ0) is 18.0. The average Bonchev–Trinajstić information content (AvgIpc) is 2.70. The molecule has 2 aromatic rings. The maximum atomic E-state index is 5.05. The average molecular weight is 353 g/mol. The van der Waals surface area contributed by atoms with Crippen LogP contribution in [0.15, 0.2) is 48.8 Å². The summed E-state index contributed by atoms with van der Waals surface area (Å²) in [6.45, 7) is 6.42. The predicted octanol–water partition coefficient (Wildman–Crippen LogP) is 2.37. The van der Waals surface area contributed by atoms with E-state index in [9.17, 15) is 0 Å². The Labute approximate surface area is 155 Å². The minimum Gasteiger partial charge on any atom is -0.383 e. The molecule has 1 aromatic carbocycles. The van der Waals surface area contributed by atoms with Gasteiger partial charge in [0, 0.05) is 52.4 Å². The molecule has 1 saturated heterocycles. The van der Waals surface area contributed by atoms with Crippen molar-refractivity contribution in [2.75, 3.05) is 63.2 Å². The van der Waals surface area contributed by atoms with E-state index in [0.717, 1.165) is 50.9 Å². The van der Waals surface area contributed by atoms with E-state index in [-0.39, 0.29) is 0 Å². The van der Waals surface area contributed by atoms with Crippen molar-refractivity contribution in [2.24, 2.45) is 0 Å². The van der Waals surface area contributed by atoms with Gasteiger partial charge in [-0.05, 0) is 5.56 Å². The number of benzene rings is 1. The number of hydrogen-bond acceptors (Lipinski definition) is 6. The van der Waals surface area contributed by atoms with Gasteiger partial charge in [-0.3, -0.25) is 4.90 Å². The Kier molecular flexibility index (Phi) is 6.98. The SMILES string of the molecule is COCCNc1cc(N2CCN(C/C=C/c3ccccc3)CC2)ncn1. The Morgan fingerprint density at radius 1 is 1.12 bits per heavy atom. The molecule has 0 aliphatic carbocycles. The Balaban J connectivity index is 1.46. The summed E-state index contributed by atoms with van der Waals surface area (Å²) in [6, 6.07) is 12.4. The highest BCUT2D eigenvalue weighted by molar-refractivity contribution is 5.49. The number of hydrogen-bond donors (Lipinski definition) is 1. The van der Waals surface area contributed by atoms with Crippen LogP contribution in [-0.4, -0.2) is 67.9 Å². The lowest BCUT2D eigenvalue weighted by atomic mass is 10.2. The molecule has 1 aliphatic rings. The Hall–Kier alpha value is -2.44. The monoisotopic (exact) mass is 353 g/mol. The van der Waals surface area contributed by atoms with Gasteiger partial charge in [0.05, 0.1) is 6.61 Å². The van der Waals surface area contributed by atoms with Gasteiger partial charge in [0.25, 0.3) is 0 Å². The molecule has 1 N–H and O–H groups in total. The van der Waals surface area contributed by atoms with Crippen molar-refractivity contribution in [3.05, 3.63) is 54.4 Å². The van der Waals surface area contributed by atoms with Crippen molar-refractivity contribution in [1.29, 1.82) is 0 Å². The van der Waals surface area contributed by atoms with Crippen molar-refractivity contribution in [3.63, 3.8) is 0 Å². The Morgan fingerprint density at radius 2 is 1.92 bits per heavy atom. The van der Waals surface area contributed by atoms with E-state index < -0.39 is 0 Å². The van der Waals surface area contributed by atoms with Crippen molar-refractivity contribution < 1.29 is 4.74 Å². The highest BCUT2D eigenvalue weighted by atomic mass is 16.5. The molecule has 3 rings (SSSR count). The molecule has 6 heteroatoms. The lowest BCUT2D eigenvalue weighted by Crippen LogP contribution is -2.46. The molecular formula is C20H27N5O. The standard InChI is InChI=1S/C20H27N5O/c1-26-15-9-21-19-16-20(23-17-22-19)25-13-11-24(12-14-25)10-5-8-18-6-3-2-4-7-18/h2-8,16-17H,9-15H2,1H3,(H,21,22,23)/b8-5+. The minimum atomic E-state index is 0.661. The first-order valence-corrected chi connectivity index (χ1v) is 9.09. The summed E-state index contributed by atoms with van der Waals surface area (Å²) >= 11 is 0. The molecule has 0 bridgehead atoms. The van der Waals surface area contributed by atoms with Gasteiger partial charge in [0.2, 0.25) is 0 Å². The van der Waals surface area contributed by atoms with Crippen LogP contribution in [0.5, 0.6) is 0 Å². The molecular weight excluding hydrogens is 326 g/mol. The molecule has 0 saturated carbocycles. The molecule has 0 amide bonds. The second-order valence-corrected chi connectivity index (χ2v) is 6.28. The quantitative estimate of drug-likeness (QED) is 0.736. The van der Waals surface area contributed by atoms with Crippen LogP contribution < -0.4 is 10.2 Å². The van der Waals surface area contributed by atoms with Crippen molar-refractivity contribution in [3.8, 4) is 0 Å². The fourth-order valence-corrected chi connectivity index (χ4v) is 2.96. The van der Waals surface area contributed by atoms with E-state index in [2.05, 4.69) is 61.5 Å². The molecule has 1 aromatic heterocycles. The highest BCUT2D eigenvalue weighted by Gasteiger charge is 2.17. The van der Waals surface area contributed by atoms with E-state index in [1.165, 1.54) is 5.56 Å². The van der Waals surface area contributed by atoms with Crippen LogP contribution in [0.2, 0.25) is 0 Å². The van der Waals surface area contributed by atoms with Crippen molar-refractivity contribution >= 4 is 17.7 Å². The Morgan fingerprint density at radius 3 is 2.69 bits per heavy atom. The topological polar surface area (TPSA) is 53.5 Å². The van der Waals surface area contributed by atoms with Crippen LogP contribution >= 0.6 is 0 Å².